The largest absolute Gasteiger partial charge is 0.494 e. The van der Waals surface area contributed by atoms with E-state index in [9.17, 15) is 9.59 Å². The number of aromatic carboxylic acids is 1. The van der Waals surface area contributed by atoms with Crippen LogP contribution >= 0.6 is 0 Å². The molecule has 1 rings (SSSR count). The Morgan fingerprint density at radius 1 is 1.10 bits per heavy atom. The number of unbranched alkanes of at least 4 members (excludes halogenated alkanes) is 2. The molecule has 0 heterocycles. The summed E-state index contributed by atoms with van der Waals surface area (Å²) < 4.78 is 9.71. The number of carbonyl (C=O) groups excluding carboxylic acids is 1. The molecule has 5 heteroatoms. The molecule has 118 valence electrons. The number of carboxylic acids is 1. The zero-order chi connectivity index (χ0) is 16.1. The Hall–Kier alpha value is -2.04. The van der Waals surface area contributed by atoms with Gasteiger partial charge in [0.25, 0.3) is 0 Å². The number of ether oxygens (including phenoxy) is 2. The Kier molecular flexibility index (Phi) is 10.6. The first-order chi connectivity index (χ1) is 10.0. The average molecular weight is 296 g/mol. The number of carboxylic acid groups (broad SMARTS) is 1. The number of benzene rings is 1. The quantitative estimate of drug-likeness (QED) is 0.615. The zero-order valence-electron chi connectivity index (χ0n) is 12.9. The topological polar surface area (TPSA) is 72.8 Å². The first-order valence-electron chi connectivity index (χ1n) is 7.08. The van der Waals surface area contributed by atoms with Gasteiger partial charge in [-0.25, -0.2) is 4.79 Å². The Morgan fingerprint density at radius 3 is 2.10 bits per heavy atom. The van der Waals surface area contributed by atoms with Crippen LogP contribution in [0, 0.1) is 0 Å². The third kappa shape index (κ3) is 9.49. The van der Waals surface area contributed by atoms with Crippen molar-refractivity contribution >= 4 is 11.9 Å². The Bertz CT molecular complexity index is 405. The predicted octanol–water partition coefficient (Wildman–Crippen LogP) is 3.52. The first kappa shape index (κ1) is 19.0. The molecule has 0 aliphatic carbocycles. The van der Waals surface area contributed by atoms with Gasteiger partial charge in [-0.15, -0.1) is 0 Å². The normalized spacial score (nSPS) is 9.29. The van der Waals surface area contributed by atoms with Crippen molar-refractivity contribution in [2.45, 2.75) is 39.5 Å². The van der Waals surface area contributed by atoms with Gasteiger partial charge in [0.15, 0.2) is 0 Å². The average Bonchev–Trinajstić information content (AvgIpc) is 2.51. The lowest BCUT2D eigenvalue weighted by Gasteiger charge is -2.05. The summed E-state index contributed by atoms with van der Waals surface area (Å²) in [5.74, 6) is -0.335. The van der Waals surface area contributed by atoms with Gasteiger partial charge >= 0.3 is 11.9 Å². The maximum absolute atomic E-state index is 10.6. The van der Waals surface area contributed by atoms with Crippen LogP contribution in [-0.2, 0) is 9.53 Å². The zero-order valence-corrected chi connectivity index (χ0v) is 12.9. The summed E-state index contributed by atoms with van der Waals surface area (Å²) in [6, 6.07) is 6.49. The van der Waals surface area contributed by atoms with Crippen LogP contribution in [0.25, 0.3) is 0 Å². The molecular formula is C16H24O5. The first-order valence-corrected chi connectivity index (χ1v) is 7.08. The SMILES string of the molecule is CCC(=O)OC.CCCCCOc1ccc(C(=O)O)cc1. The minimum Gasteiger partial charge on any atom is -0.494 e. The molecule has 0 aromatic heterocycles. The Labute approximate surface area is 125 Å². The van der Waals surface area contributed by atoms with Crippen LogP contribution in [0.5, 0.6) is 5.75 Å². The molecule has 0 fully saturated rings. The van der Waals surface area contributed by atoms with Crippen LogP contribution in [0.4, 0.5) is 0 Å². The molecule has 21 heavy (non-hydrogen) atoms. The number of carbonyl (C=O) groups is 2. The van der Waals surface area contributed by atoms with E-state index in [0.29, 0.717) is 13.0 Å². The van der Waals surface area contributed by atoms with E-state index in [1.807, 2.05) is 0 Å². The standard InChI is InChI=1S/C12H16O3.C4H8O2/c1-2-3-4-9-15-11-7-5-10(6-8-11)12(13)14;1-3-4(5)6-2/h5-8H,2-4,9H2,1H3,(H,13,14);3H2,1-2H3. The molecular weight excluding hydrogens is 272 g/mol. The van der Waals surface area contributed by atoms with Gasteiger partial charge in [-0.05, 0) is 30.7 Å². The molecule has 0 aliphatic rings. The molecule has 0 amide bonds. The van der Waals surface area contributed by atoms with E-state index in [0.717, 1.165) is 18.6 Å². The van der Waals surface area contributed by atoms with E-state index in [-0.39, 0.29) is 11.5 Å². The third-order valence-electron chi connectivity index (χ3n) is 2.63. The molecule has 1 aromatic carbocycles. The fourth-order valence-electron chi connectivity index (χ4n) is 1.38. The van der Waals surface area contributed by atoms with Crippen LogP contribution in [0.15, 0.2) is 24.3 Å². The van der Waals surface area contributed by atoms with Crippen LogP contribution in [-0.4, -0.2) is 30.8 Å². The maximum Gasteiger partial charge on any atom is 0.335 e. The molecule has 0 saturated heterocycles. The maximum atomic E-state index is 10.6. The molecule has 0 atom stereocenters. The molecule has 1 aromatic rings. The predicted molar refractivity (Wildman–Crippen MR) is 80.7 cm³/mol. The summed E-state index contributed by atoms with van der Waals surface area (Å²) in [4.78, 5) is 20.5. The molecule has 5 nitrogen and oxygen atoms in total. The van der Waals surface area contributed by atoms with Crippen molar-refractivity contribution < 1.29 is 24.2 Å². The Balaban J connectivity index is 0.000000567. The molecule has 0 bridgehead atoms. The number of hydrogen-bond acceptors (Lipinski definition) is 4. The van der Waals surface area contributed by atoms with Crippen LogP contribution in [0.3, 0.4) is 0 Å². The van der Waals surface area contributed by atoms with Crippen molar-refractivity contribution in [3.05, 3.63) is 29.8 Å². The summed E-state index contributed by atoms with van der Waals surface area (Å²) >= 11 is 0. The second-order valence-corrected chi connectivity index (χ2v) is 4.31. The van der Waals surface area contributed by atoms with Crippen molar-refractivity contribution in [3.63, 3.8) is 0 Å². The van der Waals surface area contributed by atoms with E-state index < -0.39 is 5.97 Å². The van der Waals surface area contributed by atoms with Crippen molar-refractivity contribution in [3.8, 4) is 5.75 Å². The van der Waals surface area contributed by atoms with Gasteiger partial charge in [-0.3, -0.25) is 4.79 Å². The summed E-state index contributed by atoms with van der Waals surface area (Å²) in [5.41, 5.74) is 0.288. The summed E-state index contributed by atoms with van der Waals surface area (Å²) in [7, 11) is 1.38. The molecule has 0 aliphatic heterocycles. The fraction of sp³-hybridized carbons (Fsp3) is 0.500. The highest BCUT2D eigenvalue weighted by atomic mass is 16.5. The Morgan fingerprint density at radius 2 is 1.71 bits per heavy atom. The van der Waals surface area contributed by atoms with E-state index in [2.05, 4.69) is 11.7 Å². The van der Waals surface area contributed by atoms with E-state index in [4.69, 9.17) is 9.84 Å². The lowest BCUT2D eigenvalue weighted by atomic mass is 10.2. The van der Waals surface area contributed by atoms with Crippen LogP contribution in [0.1, 0.15) is 49.9 Å². The van der Waals surface area contributed by atoms with Crippen molar-refractivity contribution in [1.82, 2.24) is 0 Å². The van der Waals surface area contributed by atoms with Gasteiger partial charge in [0.2, 0.25) is 0 Å². The second kappa shape index (κ2) is 11.8. The third-order valence-corrected chi connectivity index (χ3v) is 2.63. The van der Waals surface area contributed by atoms with Gasteiger partial charge in [-0.2, -0.15) is 0 Å². The number of rotatable bonds is 7. The number of esters is 1. The highest BCUT2D eigenvalue weighted by molar-refractivity contribution is 5.87. The minimum absolute atomic E-state index is 0.157. The second-order valence-electron chi connectivity index (χ2n) is 4.31. The van der Waals surface area contributed by atoms with Crippen LogP contribution < -0.4 is 4.74 Å². The lowest BCUT2D eigenvalue weighted by Crippen LogP contribution is -1.99. The van der Waals surface area contributed by atoms with Crippen molar-refractivity contribution in [1.29, 1.82) is 0 Å². The number of methoxy groups -OCH3 is 1. The van der Waals surface area contributed by atoms with Gasteiger partial charge < -0.3 is 14.6 Å². The fourth-order valence-corrected chi connectivity index (χ4v) is 1.38. The van der Waals surface area contributed by atoms with Crippen molar-refractivity contribution in [2.75, 3.05) is 13.7 Å². The lowest BCUT2D eigenvalue weighted by molar-refractivity contribution is -0.140. The van der Waals surface area contributed by atoms with Gasteiger partial charge in [-0.1, -0.05) is 26.7 Å². The summed E-state index contributed by atoms with van der Waals surface area (Å²) in [5, 5.41) is 8.68. The van der Waals surface area contributed by atoms with Crippen molar-refractivity contribution in [2.24, 2.45) is 0 Å². The number of hydrogen-bond donors (Lipinski definition) is 1. The highest BCUT2D eigenvalue weighted by Gasteiger charge is 2.01. The monoisotopic (exact) mass is 296 g/mol. The summed E-state index contributed by atoms with van der Waals surface area (Å²) in [6.45, 7) is 4.59. The van der Waals surface area contributed by atoms with Crippen LogP contribution in [0.2, 0.25) is 0 Å². The molecule has 0 saturated carbocycles. The van der Waals surface area contributed by atoms with Gasteiger partial charge in [0.05, 0.1) is 19.3 Å². The van der Waals surface area contributed by atoms with Gasteiger partial charge in [0, 0.05) is 6.42 Å². The minimum atomic E-state index is -0.910. The molecule has 1 N–H and O–H groups in total. The van der Waals surface area contributed by atoms with E-state index in [1.165, 1.54) is 13.5 Å². The highest BCUT2D eigenvalue weighted by Crippen LogP contribution is 2.12. The smallest absolute Gasteiger partial charge is 0.335 e. The van der Waals surface area contributed by atoms with E-state index >= 15 is 0 Å². The summed E-state index contributed by atoms with van der Waals surface area (Å²) in [6.07, 6.45) is 3.84. The van der Waals surface area contributed by atoms with E-state index in [1.54, 1.807) is 31.2 Å². The van der Waals surface area contributed by atoms with Gasteiger partial charge in [0.1, 0.15) is 5.75 Å². The molecule has 0 spiro atoms. The molecule has 0 radical (unpaired) electrons. The molecule has 0 unspecified atom stereocenters.